The maximum absolute atomic E-state index is 12.4. The Labute approximate surface area is 196 Å². The van der Waals surface area contributed by atoms with Crippen molar-refractivity contribution in [2.24, 2.45) is 0 Å². The van der Waals surface area contributed by atoms with Crippen LogP contribution in [0.15, 0.2) is 64.0 Å². The van der Waals surface area contributed by atoms with E-state index in [4.69, 9.17) is 23.4 Å². The van der Waals surface area contributed by atoms with Gasteiger partial charge in [-0.05, 0) is 50.1 Å². The summed E-state index contributed by atoms with van der Waals surface area (Å²) >= 11 is 0. The van der Waals surface area contributed by atoms with E-state index in [1.54, 1.807) is 51.1 Å². The van der Waals surface area contributed by atoms with Crippen LogP contribution in [0.2, 0.25) is 0 Å². The van der Waals surface area contributed by atoms with Crippen molar-refractivity contribution in [3.8, 4) is 5.75 Å². The van der Waals surface area contributed by atoms with Crippen LogP contribution < -0.4 is 10.4 Å². The van der Waals surface area contributed by atoms with Gasteiger partial charge in [0.05, 0.1) is 20.5 Å². The molecule has 0 aliphatic carbocycles. The van der Waals surface area contributed by atoms with Crippen molar-refractivity contribution in [2.75, 3.05) is 14.2 Å². The molecule has 178 valence electrons. The summed E-state index contributed by atoms with van der Waals surface area (Å²) in [6, 6.07) is 13.6. The molecular weight excluding hydrogens is 440 g/mol. The predicted octanol–water partition coefficient (Wildman–Crippen LogP) is 4.49. The lowest BCUT2D eigenvalue weighted by atomic mass is 10.0. The van der Waals surface area contributed by atoms with Crippen molar-refractivity contribution in [3.63, 3.8) is 0 Å². The highest BCUT2D eigenvalue weighted by Crippen LogP contribution is 2.25. The highest BCUT2D eigenvalue weighted by molar-refractivity contribution is 6.16. The van der Waals surface area contributed by atoms with Gasteiger partial charge < -0.3 is 23.4 Å². The number of hydrogen-bond donors (Lipinski definition) is 0. The first-order chi connectivity index (χ1) is 16.1. The Bertz CT molecular complexity index is 1290. The quantitative estimate of drug-likeness (QED) is 0.217. The van der Waals surface area contributed by atoms with E-state index in [9.17, 15) is 14.4 Å². The SMILES string of the molecule is CO/C=C(/C(=O)OC)c1ccccc1COc1ccc2cc(C(=O)OC(C)(C)C)c(=O)oc2c1. The summed E-state index contributed by atoms with van der Waals surface area (Å²) in [5, 5.41) is 0.546. The van der Waals surface area contributed by atoms with Gasteiger partial charge in [0.25, 0.3) is 0 Å². The molecular formula is C26H26O8. The van der Waals surface area contributed by atoms with Gasteiger partial charge in [-0.3, -0.25) is 0 Å². The van der Waals surface area contributed by atoms with E-state index >= 15 is 0 Å². The monoisotopic (exact) mass is 466 g/mol. The molecule has 0 atom stereocenters. The topological polar surface area (TPSA) is 101 Å². The van der Waals surface area contributed by atoms with Gasteiger partial charge in [-0.1, -0.05) is 24.3 Å². The zero-order chi connectivity index (χ0) is 24.9. The number of hydrogen-bond acceptors (Lipinski definition) is 8. The van der Waals surface area contributed by atoms with E-state index in [1.807, 2.05) is 12.1 Å². The largest absolute Gasteiger partial charge is 0.503 e. The van der Waals surface area contributed by atoms with E-state index in [1.165, 1.54) is 26.5 Å². The number of benzene rings is 2. The molecule has 8 nitrogen and oxygen atoms in total. The Morgan fingerprint density at radius 2 is 1.74 bits per heavy atom. The van der Waals surface area contributed by atoms with Crippen LogP contribution in [0.5, 0.6) is 5.75 Å². The molecule has 0 aliphatic rings. The molecule has 0 saturated heterocycles. The average Bonchev–Trinajstić information content (AvgIpc) is 2.79. The van der Waals surface area contributed by atoms with Crippen LogP contribution in [0.4, 0.5) is 0 Å². The summed E-state index contributed by atoms with van der Waals surface area (Å²) < 4.78 is 26.4. The van der Waals surface area contributed by atoms with Crippen molar-refractivity contribution in [1.29, 1.82) is 0 Å². The van der Waals surface area contributed by atoms with E-state index in [0.29, 0.717) is 16.7 Å². The van der Waals surface area contributed by atoms with Crippen molar-refractivity contribution in [2.45, 2.75) is 33.0 Å². The predicted molar refractivity (Wildman–Crippen MR) is 125 cm³/mol. The summed E-state index contributed by atoms with van der Waals surface area (Å²) in [6.45, 7) is 5.28. The zero-order valence-electron chi connectivity index (χ0n) is 19.7. The first-order valence-corrected chi connectivity index (χ1v) is 10.5. The molecule has 8 heteroatoms. The number of carbonyl (C=O) groups excluding carboxylic acids is 2. The second-order valence-corrected chi connectivity index (χ2v) is 8.35. The molecule has 3 rings (SSSR count). The second-order valence-electron chi connectivity index (χ2n) is 8.35. The van der Waals surface area contributed by atoms with Crippen LogP contribution in [0.3, 0.4) is 0 Å². The number of methoxy groups -OCH3 is 2. The summed E-state index contributed by atoms with van der Waals surface area (Å²) in [7, 11) is 2.74. The van der Waals surface area contributed by atoms with Crippen LogP contribution in [-0.4, -0.2) is 31.8 Å². The molecule has 0 bridgehead atoms. The molecule has 0 amide bonds. The molecule has 2 aromatic carbocycles. The normalized spacial score (nSPS) is 11.7. The molecule has 1 aromatic heterocycles. The fraction of sp³-hybridized carbons (Fsp3) is 0.269. The van der Waals surface area contributed by atoms with Gasteiger partial charge in [-0.2, -0.15) is 0 Å². The Balaban J connectivity index is 1.86. The maximum Gasteiger partial charge on any atom is 0.351 e. The van der Waals surface area contributed by atoms with Gasteiger partial charge in [0.2, 0.25) is 0 Å². The van der Waals surface area contributed by atoms with Crippen LogP contribution in [0.1, 0.15) is 42.3 Å². The van der Waals surface area contributed by atoms with Crippen molar-refractivity contribution >= 4 is 28.5 Å². The summed E-state index contributed by atoms with van der Waals surface area (Å²) in [5.74, 6) is -0.848. The number of ether oxygens (including phenoxy) is 4. The van der Waals surface area contributed by atoms with Crippen molar-refractivity contribution in [1.82, 2.24) is 0 Å². The molecule has 34 heavy (non-hydrogen) atoms. The van der Waals surface area contributed by atoms with Gasteiger partial charge in [0, 0.05) is 11.5 Å². The highest BCUT2D eigenvalue weighted by atomic mass is 16.6. The molecule has 0 radical (unpaired) electrons. The first-order valence-electron chi connectivity index (χ1n) is 10.5. The van der Waals surface area contributed by atoms with E-state index in [0.717, 1.165) is 5.56 Å². The molecule has 0 N–H and O–H groups in total. The number of esters is 2. The Morgan fingerprint density at radius 3 is 2.41 bits per heavy atom. The number of fused-ring (bicyclic) bond motifs is 1. The lowest BCUT2D eigenvalue weighted by molar-refractivity contribution is -0.133. The Morgan fingerprint density at radius 1 is 1.00 bits per heavy atom. The fourth-order valence-corrected chi connectivity index (χ4v) is 3.18. The number of rotatable bonds is 7. The van der Waals surface area contributed by atoms with Crippen LogP contribution in [0.25, 0.3) is 16.5 Å². The van der Waals surface area contributed by atoms with Gasteiger partial charge in [-0.25, -0.2) is 14.4 Å². The van der Waals surface area contributed by atoms with Gasteiger partial charge in [0.1, 0.15) is 34.7 Å². The smallest absolute Gasteiger partial charge is 0.351 e. The molecule has 0 fully saturated rings. The second kappa shape index (κ2) is 10.2. The zero-order valence-corrected chi connectivity index (χ0v) is 19.7. The van der Waals surface area contributed by atoms with Gasteiger partial charge in [0.15, 0.2) is 0 Å². The lowest BCUT2D eigenvalue weighted by Gasteiger charge is -2.19. The van der Waals surface area contributed by atoms with Gasteiger partial charge in [-0.15, -0.1) is 0 Å². The van der Waals surface area contributed by atoms with Gasteiger partial charge >= 0.3 is 17.6 Å². The molecule has 0 aliphatic heterocycles. The van der Waals surface area contributed by atoms with Crippen LogP contribution in [0, 0.1) is 0 Å². The Hall–Kier alpha value is -4.07. The van der Waals surface area contributed by atoms with E-state index in [-0.39, 0.29) is 23.3 Å². The minimum absolute atomic E-state index is 0.125. The minimum atomic E-state index is -0.795. The van der Waals surface area contributed by atoms with E-state index < -0.39 is 23.2 Å². The van der Waals surface area contributed by atoms with E-state index in [2.05, 4.69) is 0 Å². The van der Waals surface area contributed by atoms with Crippen LogP contribution in [-0.2, 0) is 25.6 Å². The molecule has 0 saturated carbocycles. The maximum atomic E-state index is 12.4. The summed E-state index contributed by atoms with van der Waals surface area (Å²) in [5.41, 5.74) is 0.130. The fourth-order valence-electron chi connectivity index (χ4n) is 3.18. The lowest BCUT2D eigenvalue weighted by Crippen LogP contribution is -2.27. The third-order valence-corrected chi connectivity index (χ3v) is 4.67. The third kappa shape index (κ3) is 5.83. The minimum Gasteiger partial charge on any atom is -0.503 e. The molecule has 3 aromatic rings. The standard InChI is InChI=1S/C26H26O8/c1-26(2,3)34-25(29)20-12-16-10-11-18(13-22(16)33-24(20)28)32-14-17-8-6-7-9-19(17)21(15-30-4)23(27)31-5/h6-13,15H,14H2,1-5H3/b21-15+. The molecule has 0 spiro atoms. The molecule has 0 unspecified atom stereocenters. The van der Waals surface area contributed by atoms with Crippen molar-refractivity contribution in [3.05, 3.63) is 81.9 Å². The number of carbonyl (C=O) groups is 2. The summed E-state index contributed by atoms with van der Waals surface area (Å²) in [6.07, 6.45) is 1.32. The third-order valence-electron chi connectivity index (χ3n) is 4.67. The average molecular weight is 466 g/mol. The summed E-state index contributed by atoms with van der Waals surface area (Å²) in [4.78, 5) is 36.8. The first kappa shape index (κ1) is 24.6. The Kier molecular flexibility index (Phi) is 7.40. The van der Waals surface area contributed by atoms with Crippen molar-refractivity contribution < 1.29 is 33.0 Å². The van der Waals surface area contributed by atoms with Crippen LogP contribution >= 0.6 is 0 Å². The highest BCUT2D eigenvalue weighted by Gasteiger charge is 2.22. The molecule has 1 heterocycles.